The quantitative estimate of drug-likeness (QED) is 0.754. The zero-order valence-electron chi connectivity index (χ0n) is 13.0. The first-order chi connectivity index (χ1) is 10.2. The Morgan fingerprint density at radius 3 is 2.19 bits per heavy atom. The van der Waals surface area contributed by atoms with Gasteiger partial charge in [-0.25, -0.2) is 0 Å². The highest BCUT2D eigenvalue weighted by Gasteiger charge is 2.35. The van der Waals surface area contributed by atoms with E-state index in [0.717, 1.165) is 18.3 Å². The van der Waals surface area contributed by atoms with Gasteiger partial charge in [-0.2, -0.15) is 0 Å². The summed E-state index contributed by atoms with van der Waals surface area (Å²) in [6.45, 7) is 4.67. The minimum Gasteiger partial charge on any atom is -0.326 e. The van der Waals surface area contributed by atoms with Crippen LogP contribution >= 0.6 is 15.9 Å². The lowest BCUT2D eigenvalue weighted by atomic mass is 9.95. The molecule has 2 unspecified atom stereocenters. The van der Waals surface area contributed by atoms with Crippen LogP contribution in [0.5, 0.6) is 0 Å². The van der Waals surface area contributed by atoms with Crippen molar-refractivity contribution in [1.29, 1.82) is 0 Å². The fourth-order valence-corrected chi connectivity index (χ4v) is 3.72. The number of rotatable bonds is 8. The van der Waals surface area contributed by atoms with Crippen LogP contribution in [0.2, 0.25) is 0 Å². The largest absolute Gasteiger partial charge is 0.326 e. The summed E-state index contributed by atoms with van der Waals surface area (Å²) in [5.74, 6) is 1.83. The van der Waals surface area contributed by atoms with Gasteiger partial charge in [0, 0.05) is 23.6 Å². The van der Waals surface area contributed by atoms with Crippen molar-refractivity contribution >= 4 is 15.9 Å². The minimum absolute atomic E-state index is 0.209. The average molecular weight is 351 g/mol. The highest BCUT2D eigenvalue weighted by atomic mass is 79.9. The van der Waals surface area contributed by atoms with Crippen molar-refractivity contribution in [3.63, 3.8) is 0 Å². The maximum atomic E-state index is 6.55. The van der Waals surface area contributed by atoms with Gasteiger partial charge in [0.05, 0.1) is 6.04 Å². The first kappa shape index (κ1) is 15.5. The number of hydrogen-bond acceptors (Lipinski definition) is 2. The summed E-state index contributed by atoms with van der Waals surface area (Å²) in [5, 5.41) is 0. The SMILES string of the molecule is CCC(N)C(c1ccccc1Br)N(CC1CC1)CC1CC1. The molecule has 0 saturated heterocycles. The van der Waals surface area contributed by atoms with Gasteiger partial charge >= 0.3 is 0 Å². The molecule has 1 aromatic rings. The molecule has 0 amide bonds. The van der Waals surface area contributed by atoms with Crippen molar-refractivity contribution in [2.24, 2.45) is 17.6 Å². The lowest BCUT2D eigenvalue weighted by molar-refractivity contribution is 0.154. The highest BCUT2D eigenvalue weighted by Crippen LogP contribution is 2.39. The Morgan fingerprint density at radius 1 is 1.14 bits per heavy atom. The summed E-state index contributed by atoms with van der Waals surface area (Å²) in [6.07, 6.45) is 6.66. The van der Waals surface area contributed by atoms with Gasteiger partial charge in [0.1, 0.15) is 0 Å². The number of halogens is 1. The molecule has 2 nitrogen and oxygen atoms in total. The van der Waals surface area contributed by atoms with Gasteiger partial charge in [0.15, 0.2) is 0 Å². The predicted molar refractivity (Wildman–Crippen MR) is 92.2 cm³/mol. The number of hydrogen-bond donors (Lipinski definition) is 1. The van der Waals surface area contributed by atoms with E-state index in [0.29, 0.717) is 6.04 Å². The predicted octanol–water partition coefficient (Wildman–Crippen LogP) is 4.35. The van der Waals surface area contributed by atoms with E-state index in [2.05, 4.69) is 52.0 Å². The number of nitrogens with zero attached hydrogens (tertiary/aromatic N) is 1. The second-order valence-corrected chi connectivity index (χ2v) is 7.73. The van der Waals surface area contributed by atoms with Crippen LogP contribution in [0.1, 0.15) is 50.6 Å². The van der Waals surface area contributed by atoms with E-state index >= 15 is 0 Å². The van der Waals surface area contributed by atoms with Crippen LogP contribution in [-0.4, -0.2) is 24.0 Å². The summed E-state index contributed by atoms with van der Waals surface area (Å²) < 4.78 is 1.20. The van der Waals surface area contributed by atoms with Crippen molar-refractivity contribution in [2.45, 2.75) is 51.1 Å². The summed E-state index contributed by atoms with van der Waals surface area (Å²) in [7, 11) is 0. The molecule has 2 aliphatic rings. The molecule has 2 saturated carbocycles. The molecule has 0 aromatic heterocycles. The van der Waals surface area contributed by atoms with Crippen LogP contribution in [0.25, 0.3) is 0 Å². The summed E-state index contributed by atoms with van der Waals surface area (Å²) in [5.41, 5.74) is 7.92. The van der Waals surface area contributed by atoms with Gasteiger partial charge < -0.3 is 5.73 Å². The molecule has 2 N–H and O–H groups in total. The van der Waals surface area contributed by atoms with Crippen LogP contribution < -0.4 is 5.73 Å². The van der Waals surface area contributed by atoms with E-state index in [-0.39, 0.29) is 6.04 Å². The van der Waals surface area contributed by atoms with Crippen LogP contribution in [0.15, 0.2) is 28.7 Å². The number of benzene rings is 1. The third-order valence-electron chi connectivity index (χ3n) is 4.87. The normalized spacial score (nSPS) is 21.5. The van der Waals surface area contributed by atoms with Gasteiger partial charge in [-0.3, -0.25) is 4.90 Å². The molecule has 116 valence electrons. The topological polar surface area (TPSA) is 29.3 Å². The van der Waals surface area contributed by atoms with Crippen molar-refractivity contribution in [2.75, 3.05) is 13.1 Å². The van der Waals surface area contributed by atoms with E-state index in [9.17, 15) is 0 Å². The molecule has 21 heavy (non-hydrogen) atoms. The lowest BCUT2D eigenvalue weighted by Gasteiger charge is -2.36. The molecule has 0 heterocycles. The third-order valence-corrected chi connectivity index (χ3v) is 5.60. The molecule has 2 aliphatic carbocycles. The molecule has 1 aromatic carbocycles. The second kappa shape index (κ2) is 6.80. The van der Waals surface area contributed by atoms with E-state index in [1.165, 1.54) is 48.8 Å². The van der Waals surface area contributed by atoms with E-state index in [1.807, 2.05) is 0 Å². The van der Waals surface area contributed by atoms with Gasteiger partial charge in [0.2, 0.25) is 0 Å². The molecular formula is C18H27BrN2. The fraction of sp³-hybridized carbons (Fsp3) is 0.667. The fourth-order valence-electron chi connectivity index (χ4n) is 3.20. The Hall–Kier alpha value is -0.380. The smallest absolute Gasteiger partial charge is 0.0510 e. The van der Waals surface area contributed by atoms with Gasteiger partial charge in [0.25, 0.3) is 0 Å². The van der Waals surface area contributed by atoms with Gasteiger partial charge in [-0.1, -0.05) is 41.1 Å². The third kappa shape index (κ3) is 4.08. The van der Waals surface area contributed by atoms with Crippen molar-refractivity contribution in [1.82, 2.24) is 4.90 Å². The lowest BCUT2D eigenvalue weighted by Crippen LogP contribution is -2.43. The van der Waals surface area contributed by atoms with Crippen LogP contribution in [0, 0.1) is 11.8 Å². The summed E-state index contributed by atoms with van der Waals surface area (Å²) in [6, 6.07) is 9.19. The van der Waals surface area contributed by atoms with Crippen LogP contribution in [-0.2, 0) is 0 Å². The van der Waals surface area contributed by atoms with Crippen molar-refractivity contribution < 1.29 is 0 Å². The zero-order valence-corrected chi connectivity index (χ0v) is 14.6. The van der Waals surface area contributed by atoms with Crippen LogP contribution in [0.4, 0.5) is 0 Å². The standard InChI is InChI=1S/C18H27BrN2/c1-2-17(20)18(15-5-3-4-6-16(15)19)21(11-13-7-8-13)12-14-9-10-14/h3-6,13-14,17-18H,2,7-12,20H2,1H3. The summed E-state index contributed by atoms with van der Waals surface area (Å²) in [4.78, 5) is 2.70. The Bertz CT molecular complexity index is 454. The first-order valence-electron chi connectivity index (χ1n) is 8.43. The molecule has 0 bridgehead atoms. The van der Waals surface area contributed by atoms with Crippen molar-refractivity contribution in [3.05, 3.63) is 34.3 Å². The molecular weight excluding hydrogens is 324 g/mol. The molecule has 0 aliphatic heterocycles. The zero-order chi connectivity index (χ0) is 14.8. The molecule has 2 atom stereocenters. The summed E-state index contributed by atoms with van der Waals surface area (Å²) >= 11 is 3.74. The second-order valence-electron chi connectivity index (χ2n) is 6.88. The Kier molecular flexibility index (Phi) is 5.03. The number of nitrogens with two attached hydrogens (primary N) is 1. The molecule has 3 heteroatoms. The van der Waals surface area contributed by atoms with Gasteiger partial charge in [-0.15, -0.1) is 0 Å². The van der Waals surface area contributed by atoms with Crippen LogP contribution in [0.3, 0.4) is 0 Å². The molecule has 0 radical (unpaired) electrons. The maximum absolute atomic E-state index is 6.55. The average Bonchev–Trinajstić information content (AvgIpc) is 3.37. The first-order valence-corrected chi connectivity index (χ1v) is 9.22. The van der Waals surface area contributed by atoms with Crippen molar-refractivity contribution in [3.8, 4) is 0 Å². The van der Waals surface area contributed by atoms with E-state index in [1.54, 1.807) is 0 Å². The molecule has 3 rings (SSSR count). The molecule has 2 fully saturated rings. The monoisotopic (exact) mass is 350 g/mol. The highest BCUT2D eigenvalue weighted by molar-refractivity contribution is 9.10. The Balaban J connectivity index is 1.85. The maximum Gasteiger partial charge on any atom is 0.0510 e. The Labute approximate surface area is 137 Å². The van der Waals surface area contributed by atoms with Gasteiger partial charge in [-0.05, 0) is 55.6 Å². The molecule has 0 spiro atoms. The Morgan fingerprint density at radius 2 is 1.71 bits per heavy atom. The van der Waals surface area contributed by atoms with E-state index < -0.39 is 0 Å². The van der Waals surface area contributed by atoms with E-state index in [4.69, 9.17) is 5.73 Å². The minimum atomic E-state index is 0.209.